The first-order valence-corrected chi connectivity index (χ1v) is 6.56. The SMILES string of the molecule is CN(CC(=O)c1ccn(C)c1)CC1CCCOC1. The van der Waals surface area contributed by atoms with Gasteiger partial charge in [0.15, 0.2) is 5.78 Å². The Labute approximate surface area is 109 Å². The molecule has 2 heterocycles. The molecule has 1 saturated heterocycles. The van der Waals surface area contributed by atoms with E-state index in [-0.39, 0.29) is 5.78 Å². The smallest absolute Gasteiger partial charge is 0.178 e. The van der Waals surface area contributed by atoms with Crippen molar-refractivity contribution < 1.29 is 9.53 Å². The second-order valence-electron chi connectivity index (χ2n) is 5.27. The van der Waals surface area contributed by atoms with Crippen LogP contribution in [0.3, 0.4) is 0 Å². The molecule has 4 nitrogen and oxygen atoms in total. The van der Waals surface area contributed by atoms with Crippen LogP contribution in [0.5, 0.6) is 0 Å². The number of nitrogens with zero attached hydrogens (tertiary/aromatic N) is 2. The maximum atomic E-state index is 12.0. The molecule has 0 spiro atoms. The summed E-state index contributed by atoms with van der Waals surface area (Å²) in [6.07, 6.45) is 6.14. The number of hydrogen-bond donors (Lipinski definition) is 0. The normalized spacial score (nSPS) is 20.3. The van der Waals surface area contributed by atoms with Crippen LogP contribution < -0.4 is 0 Å². The van der Waals surface area contributed by atoms with Gasteiger partial charge in [0.25, 0.3) is 0 Å². The molecule has 1 aliphatic heterocycles. The summed E-state index contributed by atoms with van der Waals surface area (Å²) in [5, 5.41) is 0. The number of likely N-dealkylation sites (N-methyl/N-ethyl adjacent to an activating group) is 1. The number of ether oxygens (including phenoxy) is 1. The maximum absolute atomic E-state index is 12.0. The van der Waals surface area contributed by atoms with Crippen molar-refractivity contribution in [3.8, 4) is 0 Å². The molecule has 100 valence electrons. The van der Waals surface area contributed by atoms with Crippen LogP contribution >= 0.6 is 0 Å². The molecule has 0 N–H and O–H groups in total. The predicted octanol–water partition coefficient (Wildman–Crippen LogP) is 1.57. The van der Waals surface area contributed by atoms with Crippen molar-refractivity contribution in [3.05, 3.63) is 24.0 Å². The second-order valence-corrected chi connectivity index (χ2v) is 5.27. The third kappa shape index (κ3) is 3.68. The zero-order valence-corrected chi connectivity index (χ0v) is 11.3. The van der Waals surface area contributed by atoms with Gasteiger partial charge >= 0.3 is 0 Å². The fourth-order valence-corrected chi connectivity index (χ4v) is 2.46. The average molecular weight is 250 g/mol. The van der Waals surface area contributed by atoms with Crippen molar-refractivity contribution >= 4 is 5.78 Å². The minimum absolute atomic E-state index is 0.190. The van der Waals surface area contributed by atoms with Crippen molar-refractivity contribution in [2.45, 2.75) is 12.8 Å². The highest BCUT2D eigenvalue weighted by molar-refractivity contribution is 5.97. The molecule has 0 radical (unpaired) electrons. The number of rotatable bonds is 5. The molecule has 1 fully saturated rings. The fourth-order valence-electron chi connectivity index (χ4n) is 2.46. The Bertz CT molecular complexity index is 394. The summed E-state index contributed by atoms with van der Waals surface area (Å²) in [6.45, 7) is 3.16. The third-order valence-corrected chi connectivity index (χ3v) is 3.39. The van der Waals surface area contributed by atoms with E-state index in [1.54, 1.807) is 0 Å². The number of ketones is 1. The summed E-state index contributed by atoms with van der Waals surface area (Å²) >= 11 is 0. The van der Waals surface area contributed by atoms with Crippen LogP contribution in [0.1, 0.15) is 23.2 Å². The first-order chi connectivity index (χ1) is 8.65. The van der Waals surface area contributed by atoms with Crippen molar-refractivity contribution in [1.29, 1.82) is 0 Å². The van der Waals surface area contributed by atoms with E-state index >= 15 is 0 Å². The highest BCUT2D eigenvalue weighted by Crippen LogP contribution is 2.14. The van der Waals surface area contributed by atoms with Gasteiger partial charge in [0, 0.05) is 38.2 Å². The molecule has 0 amide bonds. The van der Waals surface area contributed by atoms with Crippen molar-refractivity contribution in [3.63, 3.8) is 0 Å². The number of aryl methyl sites for hydroxylation is 1. The van der Waals surface area contributed by atoms with Crippen LogP contribution in [0.15, 0.2) is 18.5 Å². The van der Waals surface area contributed by atoms with Crippen LogP contribution in [0.25, 0.3) is 0 Å². The van der Waals surface area contributed by atoms with Gasteiger partial charge in [0.2, 0.25) is 0 Å². The van der Waals surface area contributed by atoms with Gasteiger partial charge in [-0.2, -0.15) is 0 Å². The molecule has 1 atom stereocenters. The Morgan fingerprint density at radius 3 is 3.06 bits per heavy atom. The Kier molecular flexibility index (Phi) is 4.55. The summed E-state index contributed by atoms with van der Waals surface area (Å²) < 4.78 is 7.37. The zero-order valence-electron chi connectivity index (χ0n) is 11.3. The van der Waals surface area contributed by atoms with Gasteiger partial charge in [0.1, 0.15) is 0 Å². The number of hydrogen-bond acceptors (Lipinski definition) is 3. The summed E-state index contributed by atoms with van der Waals surface area (Å²) in [5.74, 6) is 0.766. The molecule has 1 aromatic heterocycles. The fraction of sp³-hybridized carbons (Fsp3) is 0.643. The topological polar surface area (TPSA) is 34.5 Å². The molecule has 0 bridgehead atoms. The van der Waals surface area contributed by atoms with Crippen LogP contribution in [0, 0.1) is 5.92 Å². The second kappa shape index (κ2) is 6.16. The molecule has 1 aliphatic rings. The number of Topliss-reactive ketones (excluding diaryl/α,β-unsaturated/α-hetero) is 1. The quantitative estimate of drug-likeness (QED) is 0.744. The summed E-state index contributed by atoms with van der Waals surface area (Å²) in [6, 6.07) is 1.87. The lowest BCUT2D eigenvalue weighted by atomic mass is 10.0. The van der Waals surface area contributed by atoms with Gasteiger partial charge in [-0.1, -0.05) is 0 Å². The predicted molar refractivity (Wildman–Crippen MR) is 70.8 cm³/mol. The minimum Gasteiger partial charge on any atom is -0.381 e. The number of carbonyl (C=O) groups is 1. The van der Waals surface area contributed by atoms with Gasteiger partial charge in [-0.3, -0.25) is 9.69 Å². The largest absolute Gasteiger partial charge is 0.381 e. The summed E-state index contributed by atoms with van der Waals surface area (Å²) in [4.78, 5) is 14.1. The molecule has 18 heavy (non-hydrogen) atoms. The number of carbonyl (C=O) groups excluding carboxylic acids is 1. The van der Waals surface area contributed by atoms with Crippen LogP contribution in [0.4, 0.5) is 0 Å². The maximum Gasteiger partial charge on any atom is 0.178 e. The monoisotopic (exact) mass is 250 g/mol. The summed E-state index contributed by atoms with van der Waals surface area (Å²) in [5.41, 5.74) is 0.796. The first kappa shape index (κ1) is 13.3. The van der Waals surface area contributed by atoms with E-state index in [9.17, 15) is 4.79 Å². The Morgan fingerprint density at radius 1 is 1.61 bits per heavy atom. The highest BCUT2D eigenvalue weighted by atomic mass is 16.5. The van der Waals surface area contributed by atoms with E-state index in [0.717, 1.165) is 31.7 Å². The molecule has 4 heteroatoms. The molecular weight excluding hydrogens is 228 g/mol. The average Bonchev–Trinajstić information content (AvgIpc) is 2.77. The molecule has 1 aromatic rings. The molecule has 2 rings (SSSR count). The lowest BCUT2D eigenvalue weighted by Gasteiger charge is -2.26. The Hall–Kier alpha value is -1.13. The summed E-state index contributed by atoms with van der Waals surface area (Å²) in [7, 11) is 3.94. The molecular formula is C14H22N2O2. The van der Waals surface area contributed by atoms with Gasteiger partial charge in [-0.15, -0.1) is 0 Å². The van der Waals surface area contributed by atoms with Gasteiger partial charge in [-0.25, -0.2) is 0 Å². The molecule has 0 aliphatic carbocycles. The van der Waals surface area contributed by atoms with E-state index in [0.29, 0.717) is 12.5 Å². The van der Waals surface area contributed by atoms with Gasteiger partial charge in [-0.05, 0) is 31.9 Å². The van der Waals surface area contributed by atoms with Crippen molar-refractivity contribution in [2.24, 2.45) is 13.0 Å². The number of aromatic nitrogens is 1. The molecule has 0 saturated carbocycles. The Balaban J connectivity index is 1.79. The van der Waals surface area contributed by atoms with Crippen LogP contribution in [0.2, 0.25) is 0 Å². The molecule has 1 unspecified atom stereocenters. The van der Waals surface area contributed by atoms with E-state index < -0.39 is 0 Å². The highest BCUT2D eigenvalue weighted by Gasteiger charge is 2.17. The Morgan fingerprint density at radius 2 is 2.44 bits per heavy atom. The van der Waals surface area contributed by atoms with Gasteiger partial charge in [0.05, 0.1) is 13.2 Å². The molecule has 0 aromatic carbocycles. The van der Waals surface area contributed by atoms with Gasteiger partial charge < -0.3 is 9.30 Å². The lowest BCUT2D eigenvalue weighted by Crippen LogP contribution is -2.34. The standard InChI is InChI=1S/C14H22N2O2/c1-15-6-5-13(9-15)14(17)10-16(2)8-12-4-3-7-18-11-12/h5-6,9,12H,3-4,7-8,10-11H2,1-2H3. The van der Waals surface area contributed by atoms with E-state index in [1.165, 1.54) is 6.42 Å². The van der Waals surface area contributed by atoms with E-state index in [4.69, 9.17) is 4.74 Å². The zero-order chi connectivity index (χ0) is 13.0. The van der Waals surface area contributed by atoms with Crippen LogP contribution in [-0.4, -0.2) is 48.6 Å². The third-order valence-electron chi connectivity index (χ3n) is 3.39. The van der Waals surface area contributed by atoms with E-state index in [2.05, 4.69) is 4.90 Å². The van der Waals surface area contributed by atoms with Crippen molar-refractivity contribution in [2.75, 3.05) is 33.4 Å². The minimum atomic E-state index is 0.190. The first-order valence-electron chi connectivity index (χ1n) is 6.56. The van der Waals surface area contributed by atoms with Crippen LogP contribution in [-0.2, 0) is 11.8 Å². The van der Waals surface area contributed by atoms with Crippen molar-refractivity contribution in [1.82, 2.24) is 9.47 Å². The van der Waals surface area contributed by atoms with E-state index in [1.807, 2.05) is 37.1 Å². The lowest BCUT2D eigenvalue weighted by molar-refractivity contribution is 0.0416.